The molecule has 4 nitrogen and oxygen atoms in total. The molecular weight excluding hydrogens is 372 g/mol. The molecule has 2 aromatic rings. The maximum Gasteiger partial charge on any atom is 0.261 e. The SMILES string of the molecule is CCC(Oc1cccc(C)c1C)C(=O)NC(C)c1ccc(N2CCC(C)CC2)cc1. The van der Waals surface area contributed by atoms with E-state index in [1.165, 1.54) is 24.1 Å². The predicted molar refractivity (Wildman–Crippen MR) is 124 cm³/mol. The summed E-state index contributed by atoms with van der Waals surface area (Å²) in [7, 11) is 0. The molecular formula is C26H36N2O2. The van der Waals surface area contributed by atoms with Crippen molar-refractivity contribution >= 4 is 11.6 Å². The van der Waals surface area contributed by atoms with Crippen LogP contribution in [0.5, 0.6) is 5.75 Å². The average molecular weight is 409 g/mol. The molecule has 1 N–H and O–H groups in total. The molecule has 4 heteroatoms. The maximum atomic E-state index is 12.9. The number of nitrogens with zero attached hydrogens (tertiary/aromatic N) is 1. The summed E-state index contributed by atoms with van der Waals surface area (Å²) in [6, 6.07) is 14.5. The van der Waals surface area contributed by atoms with Crippen molar-refractivity contribution in [3.63, 3.8) is 0 Å². The third-order valence-corrected chi connectivity index (χ3v) is 6.39. The van der Waals surface area contributed by atoms with Crippen LogP contribution in [0.3, 0.4) is 0 Å². The van der Waals surface area contributed by atoms with Gasteiger partial charge in [0.2, 0.25) is 0 Å². The van der Waals surface area contributed by atoms with Crippen molar-refractivity contribution in [3.05, 3.63) is 59.2 Å². The molecule has 1 aliphatic rings. The molecule has 0 aliphatic carbocycles. The third-order valence-electron chi connectivity index (χ3n) is 6.39. The fourth-order valence-corrected chi connectivity index (χ4v) is 3.96. The molecule has 2 aromatic carbocycles. The molecule has 2 atom stereocenters. The van der Waals surface area contributed by atoms with Crippen LogP contribution in [-0.4, -0.2) is 25.1 Å². The van der Waals surface area contributed by atoms with Gasteiger partial charge in [0.1, 0.15) is 5.75 Å². The van der Waals surface area contributed by atoms with Gasteiger partial charge in [-0.15, -0.1) is 0 Å². The van der Waals surface area contributed by atoms with Gasteiger partial charge in [-0.05, 0) is 80.8 Å². The first-order valence-corrected chi connectivity index (χ1v) is 11.3. The first-order chi connectivity index (χ1) is 14.4. The van der Waals surface area contributed by atoms with E-state index in [9.17, 15) is 4.79 Å². The van der Waals surface area contributed by atoms with Gasteiger partial charge in [-0.3, -0.25) is 4.79 Å². The number of ether oxygens (including phenoxy) is 1. The molecule has 1 heterocycles. The van der Waals surface area contributed by atoms with Crippen molar-refractivity contribution in [1.82, 2.24) is 5.32 Å². The number of rotatable bonds is 7. The van der Waals surface area contributed by atoms with E-state index in [0.717, 1.165) is 35.9 Å². The quantitative estimate of drug-likeness (QED) is 0.651. The highest BCUT2D eigenvalue weighted by atomic mass is 16.5. The minimum atomic E-state index is -0.498. The summed E-state index contributed by atoms with van der Waals surface area (Å²) in [5.41, 5.74) is 4.63. The molecule has 1 aliphatic heterocycles. The van der Waals surface area contributed by atoms with Crippen LogP contribution in [0.2, 0.25) is 0 Å². The van der Waals surface area contributed by atoms with Crippen LogP contribution in [0.4, 0.5) is 5.69 Å². The van der Waals surface area contributed by atoms with Gasteiger partial charge in [-0.2, -0.15) is 0 Å². The second-order valence-electron chi connectivity index (χ2n) is 8.70. The lowest BCUT2D eigenvalue weighted by molar-refractivity contribution is -0.128. The van der Waals surface area contributed by atoms with Crippen molar-refractivity contribution in [2.75, 3.05) is 18.0 Å². The highest BCUT2D eigenvalue weighted by Gasteiger charge is 2.22. The lowest BCUT2D eigenvalue weighted by atomic mass is 9.98. The largest absolute Gasteiger partial charge is 0.480 e. The Morgan fingerprint density at radius 2 is 1.80 bits per heavy atom. The zero-order valence-electron chi connectivity index (χ0n) is 19.1. The average Bonchev–Trinajstić information content (AvgIpc) is 2.75. The Morgan fingerprint density at radius 1 is 1.13 bits per heavy atom. The molecule has 2 unspecified atom stereocenters. The molecule has 0 bridgehead atoms. The summed E-state index contributed by atoms with van der Waals surface area (Å²) in [5.74, 6) is 1.54. The number of carbonyl (C=O) groups excluding carboxylic acids is 1. The number of hydrogen-bond donors (Lipinski definition) is 1. The minimum Gasteiger partial charge on any atom is -0.480 e. The van der Waals surface area contributed by atoms with E-state index < -0.39 is 6.10 Å². The number of aryl methyl sites for hydroxylation is 1. The van der Waals surface area contributed by atoms with Crippen LogP contribution in [0, 0.1) is 19.8 Å². The third kappa shape index (κ3) is 5.35. The topological polar surface area (TPSA) is 41.6 Å². The van der Waals surface area contributed by atoms with E-state index in [1.807, 2.05) is 32.9 Å². The number of piperidine rings is 1. The second kappa shape index (κ2) is 10.0. The molecule has 1 fully saturated rings. The summed E-state index contributed by atoms with van der Waals surface area (Å²) >= 11 is 0. The van der Waals surface area contributed by atoms with Crippen molar-refractivity contribution < 1.29 is 9.53 Å². The van der Waals surface area contributed by atoms with Gasteiger partial charge in [-0.25, -0.2) is 0 Å². The molecule has 0 radical (unpaired) electrons. The van der Waals surface area contributed by atoms with Crippen LogP contribution in [0.25, 0.3) is 0 Å². The monoisotopic (exact) mass is 408 g/mol. The second-order valence-corrected chi connectivity index (χ2v) is 8.70. The van der Waals surface area contributed by atoms with Gasteiger partial charge in [0, 0.05) is 18.8 Å². The van der Waals surface area contributed by atoms with Crippen LogP contribution < -0.4 is 15.0 Å². The Bertz CT molecular complexity index is 839. The summed E-state index contributed by atoms with van der Waals surface area (Å²) in [6.07, 6.45) is 2.64. The van der Waals surface area contributed by atoms with Crippen molar-refractivity contribution in [2.24, 2.45) is 5.92 Å². The fraction of sp³-hybridized carbons (Fsp3) is 0.500. The van der Waals surface area contributed by atoms with Crippen LogP contribution >= 0.6 is 0 Å². The minimum absolute atomic E-state index is 0.0656. The van der Waals surface area contributed by atoms with E-state index in [0.29, 0.717) is 6.42 Å². The van der Waals surface area contributed by atoms with Crippen LogP contribution in [0.15, 0.2) is 42.5 Å². The molecule has 1 saturated heterocycles. The van der Waals surface area contributed by atoms with E-state index in [4.69, 9.17) is 4.74 Å². The number of anilines is 1. The highest BCUT2D eigenvalue weighted by Crippen LogP contribution is 2.25. The van der Waals surface area contributed by atoms with Gasteiger partial charge in [0.15, 0.2) is 6.10 Å². The number of carbonyl (C=O) groups is 1. The molecule has 0 aromatic heterocycles. The molecule has 3 rings (SSSR count). The first kappa shape index (κ1) is 22.2. The number of nitrogens with one attached hydrogen (secondary N) is 1. The maximum absolute atomic E-state index is 12.9. The first-order valence-electron chi connectivity index (χ1n) is 11.3. The molecule has 1 amide bonds. The van der Waals surface area contributed by atoms with Crippen LogP contribution in [0.1, 0.15) is 62.8 Å². The Kier molecular flexibility index (Phi) is 7.41. The van der Waals surface area contributed by atoms with Crippen molar-refractivity contribution in [2.45, 2.75) is 66.0 Å². The Balaban J connectivity index is 1.60. The van der Waals surface area contributed by atoms with Crippen LogP contribution in [-0.2, 0) is 4.79 Å². The summed E-state index contributed by atoms with van der Waals surface area (Å²) < 4.78 is 6.06. The molecule has 162 valence electrons. The lowest BCUT2D eigenvalue weighted by Gasteiger charge is -2.32. The van der Waals surface area contributed by atoms with Gasteiger partial charge < -0.3 is 15.0 Å². The Morgan fingerprint density at radius 3 is 2.43 bits per heavy atom. The predicted octanol–water partition coefficient (Wildman–Crippen LogP) is 5.57. The Hall–Kier alpha value is -2.49. The van der Waals surface area contributed by atoms with Crippen molar-refractivity contribution in [1.29, 1.82) is 0 Å². The van der Waals surface area contributed by atoms with Crippen molar-refractivity contribution in [3.8, 4) is 5.75 Å². The number of benzene rings is 2. The van der Waals surface area contributed by atoms with Gasteiger partial charge >= 0.3 is 0 Å². The highest BCUT2D eigenvalue weighted by molar-refractivity contribution is 5.81. The van der Waals surface area contributed by atoms with Gasteiger partial charge in [0.05, 0.1) is 6.04 Å². The number of hydrogen-bond acceptors (Lipinski definition) is 3. The smallest absolute Gasteiger partial charge is 0.261 e. The zero-order chi connectivity index (χ0) is 21.7. The fourth-order valence-electron chi connectivity index (χ4n) is 3.96. The normalized spacial score (nSPS) is 16.8. The van der Waals surface area contributed by atoms with E-state index in [1.54, 1.807) is 0 Å². The van der Waals surface area contributed by atoms with Gasteiger partial charge in [-0.1, -0.05) is 38.1 Å². The summed E-state index contributed by atoms with van der Waals surface area (Å²) in [5, 5.41) is 3.13. The molecule has 0 saturated carbocycles. The summed E-state index contributed by atoms with van der Waals surface area (Å²) in [6.45, 7) is 12.7. The number of amides is 1. The standard InChI is InChI=1S/C26H36N2O2/c1-6-24(30-25-9-7-8-19(3)20(25)4)26(29)27-21(5)22-10-12-23(13-11-22)28-16-14-18(2)15-17-28/h7-13,18,21,24H,6,14-17H2,1-5H3,(H,27,29). The van der Waals surface area contributed by atoms with E-state index in [-0.39, 0.29) is 11.9 Å². The molecule has 30 heavy (non-hydrogen) atoms. The summed E-state index contributed by atoms with van der Waals surface area (Å²) in [4.78, 5) is 15.3. The van der Waals surface area contributed by atoms with E-state index in [2.05, 4.69) is 54.4 Å². The zero-order valence-corrected chi connectivity index (χ0v) is 19.1. The van der Waals surface area contributed by atoms with Gasteiger partial charge in [0.25, 0.3) is 5.91 Å². The molecule has 0 spiro atoms. The van der Waals surface area contributed by atoms with E-state index >= 15 is 0 Å². The lowest BCUT2D eigenvalue weighted by Crippen LogP contribution is -2.39. The Labute approximate surface area is 181 Å².